The second-order valence-electron chi connectivity index (χ2n) is 6.96. The topological polar surface area (TPSA) is 38.8 Å². The van der Waals surface area contributed by atoms with E-state index in [4.69, 9.17) is 21.7 Å². The van der Waals surface area contributed by atoms with Gasteiger partial charge in [-0.05, 0) is 65.9 Å². The molecule has 152 valence electrons. The summed E-state index contributed by atoms with van der Waals surface area (Å²) in [6.45, 7) is 5.18. The zero-order valence-electron chi connectivity index (χ0n) is 16.3. The van der Waals surface area contributed by atoms with E-state index < -0.39 is 0 Å². The molecule has 1 aliphatic heterocycles. The molecule has 1 aromatic rings. The maximum Gasteiger partial charge on any atom is 0.266 e. The van der Waals surface area contributed by atoms with Crippen LogP contribution in [0.5, 0.6) is 11.5 Å². The second-order valence-corrected chi connectivity index (χ2v) is 9.49. The number of benzene rings is 1. The molecule has 1 amide bonds. The van der Waals surface area contributed by atoms with E-state index in [1.54, 1.807) is 0 Å². The Morgan fingerprint density at radius 1 is 1.25 bits per heavy atom. The van der Waals surface area contributed by atoms with Crippen molar-refractivity contribution in [3.8, 4) is 11.5 Å². The number of carbonyl (C=O) groups is 1. The first-order valence-corrected chi connectivity index (χ1v) is 11.9. The van der Waals surface area contributed by atoms with Crippen LogP contribution in [0.1, 0.15) is 57.9 Å². The fourth-order valence-electron chi connectivity index (χ4n) is 3.56. The van der Waals surface area contributed by atoms with Gasteiger partial charge >= 0.3 is 0 Å². The molecule has 0 aromatic heterocycles. The molecule has 0 bridgehead atoms. The van der Waals surface area contributed by atoms with Crippen LogP contribution >= 0.6 is 39.9 Å². The third kappa shape index (κ3) is 4.92. The molecule has 7 heteroatoms. The van der Waals surface area contributed by atoms with Gasteiger partial charge in [0.1, 0.15) is 4.32 Å². The summed E-state index contributed by atoms with van der Waals surface area (Å²) in [5.41, 5.74) is 0.892. The van der Waals surface area contributed by atoms with Crippen molar-refractivity contribution in [2.45, 2.75) is 58.4 Å². The van der Waals surface area contributed by atoms with E-state index in [1.807, 2.05) is 30.0 Å². The molecule has 1 aromatic carbocycles. The summed E-state index contributed by atoms with van der Waals surface area (Å²) in [6, 6.07) is 4.13. The Balaban J connectivity index is 1.86. The SMILES string of the molecule is CCCOc1c(Br)cc(/C=C2/SC(=S)N(C3CCCCC3)C2=O)cc1OCC. The van der Waals surface area contributed by atoms with Gasteiger partial charge in [0.2, 0.25) is 0 Å². The zero-order valence-corrected chi connectivity index (χ0v) is 19.6. The molecule has 2 fully saturated rings. The summed E-state index contributed by atoms with van der Waals surface area (Å²) in [5.74, 6) is 1.41. The molecule has 0 unspecified atom stereocenters. The molecule has 1 saturated heterocycles. The van der Waals surface area contributed by atoms with E-state index in [9.17, 15) is 4.79 Å². The molecule has 4 nitrogen and oxygen atoms in total. The predicted octanol–water partition coefficient (Wildman–Crippen LogP) is 6.17. The number of rotatable bonds is 7. The van der Waals surface area contributed by atoms with Gasteiger partial charge in [-0.1, -0.05) is 50.2 Å². The van der Waals surface area contributed by atoms with E-state index in [2.05, 4.69) is 22.9 Å². The summed E-state index contributed by atoms with van der Waals surface area (Å²) < 4.78 is 13.1. The van der Waals surface area contributed by atoms with Crippen LogP contribution in [0.15, 0.2) is 21.5 Å². The second kappa shape index (κ2) is 10.1. The average molecular weight is 484 g/mol. The largest absolute Gasteiger partial charge is 0.490 e. The Kier molecular flexibility index (Phi) is 7.83. The number of thioether (sulfide) groups is 1. The molecule has 1 aliphatic carbocycles. The summed E-state index contributed by atoms with van der Waals surface area (Å²) >= 11 is 10.5. The molecule has 28 heavy (non-hydrogen) atoms. The number of ether oxygens (including phenoxy) is 2. The number of halogens is 1. The lowest BCUT2D eigenvalue weighted by Gasteiger charge is -2.29. The van der Waals surface area contributed by atoms with E-state index >= 15 is 0 Å². The Hall–Kier alpha value is -1.05. The van der Waals surface area contributed by atoms with E-state index in [0.717, 1.165) is 29.3 Å². The van der Waals surface area contributed by atoms with Crippen LogP contribution in [-0.2, 0) is 4.79 Å². The van der Waals surface area contributed by atoms with Crippen molar-refractivity contribution in [1.82, 2.24) is 4.90 Å². The molecule has 0 N–H and O–H groups in total. The van der Waals surface area contributed by atoms with Crippen molar-refractivity contribution in [2.24, 2.45) is 0 Å². The van der Waals surface area contributed by atoms with Crippen molar-refractivity contribution in [3.63, 3.8) is 0 Å². The maximum absolute atomic E-state index is 13.0. The summed E-state index contributed by atoms with van der Waals surface area (Å²) in [5, 5.41) is 0. The van der Waals surface area contributed by atoms with Crippen LogP contribution in [0.25, 0.3) is 6.08 Å². The van der Waals surface area contributed by atoms with Gasteiger partial charge < -0.3 is 9.47 Å². The molecule has 0 spiro atoms. The zero-order chi connectivity index (χ0) is 20.1. The van der Waals surface area contributed by atoms with Crippen molar-refractivity contribution >= 4 is 56.2 Å². The minimum absolute atomic E-state index is 0.0299. The predicted molar refractivity (Wildman–Crippen MR) is 123 cm³/mol. The standard InChI is InChI=1S/C21H26BrNO3S2/c1-3-10-26-19-16(22)11-14(12-17(19)25-4-2)13-18-20(24)23(21(27)28-18)15-8-6-5-7-9-15/h11-13,15H,3-10H2,1-2H3/b18-13+. The van der Waals surface area contributed by atoms with Crippen LogP contribution in [0.4, 0.5) is 0 Å². The first-order chi connectivity index (χ1) is 13.5. The lowest BCUT2D eigenvalue weighted by Crippen LogP contribution is -2.39. The van der Waals surface area contributed by atoms with Crippen molar-refractivity contribution in [2.75, 3.05) is 13.2 Å². The fourth-order valence-corrected chi connectivity index (χ4v) is 5.54. The normalized spacial score (nSPS) is 19.5. The van der Waals surface area contributed by atoms with Crippen LogP contribution in [0.2, 0.25) is 0 Å². The molecule has 1 heterocycles. The molecular formula is C21H26BrNO3S2. The number of nitrogens with zero attached hydrogens (tertiary/aromatic N) is 1. The van der Waals surface area contributed by atoms with E-state index in [0.29, 0.717) is 33.9 Å². The highest BCUT2D eigenvalue weighted by Crippen LogP contribution is 2.40. The molecule has 2 aliphatic rings. The summed E-state index contributed by atoms with van der Waals surface area (Å²) in [7, 11) is 0. The lowest BCUT2D eigenvalue weighted by atomic mass is 9.94. The van der Waals surface area contributed by atoms with Gasteiger partial charge in [0.25, 0.3) is 5.91 Å². The third-order valence-electron chi connectivity index (χ3n) is 4.84. The molecule has 0 radical (unpaired) electrons. The third-order valence-corrected chi connectivity index (χ3v) is 6.76. The number of thiocarbonyl (C=S) groups is 1. The number of amides is 1. The summed E-state index contributed by atoms with van der Waals surface area (Å²) in [6.07, 6.45) is 8.51. The van der Waals surface area contributed by atoms with E-state index in [1.165, 1.54) is 31.0 Å². The molecule has 0 atom stereocenters. The quantitative estimate of drug-likeness (QED) is 0.342. The minimum atomic E-state index is 0.0299. The highest BCUT2D eigenvalue weighted by atomic mass is 79.9. The van der Waals surface area contributed by atoms with Crippen LogP contribution in [-0.4, -0.2) is 34.4 Å². The first kappa shape index (κ1) is 21.7. The smallest absolute Gasteiger partial charge is 0.266 e. The van der Waals surface area contributed by atoms with Gasteiger partial charge in [-0.15, -0.1) is 0 Å². The highest BCUT2D eigenvalue weighted by molar-refractivity contribution is 9.10. The molecular weight excluding hydrogens is 458 g/mol. The highest BCUT2D eigenvalue weighted by Gasteiger charge is 2.37. The Morgan fingerprint density at radius 3 is 2.68 bits per heavy atom. The van der Waals surface area contributed by atoms with Gasteiger partial charge in [0.15, 0.2) is 11.5 Å². The van der Waals surface area contributed by atoms with Gasteiger partial charge in [-0.2, -0.15) is 0 Å². The summed E-state index contributed by atoms with van der Waals surface area (Å²) in [4.78, 5) is 15.5. The number of carbonyl (C=O) groups excluding carboxylic acids is 1. The van der Waals surface area contributed by atoms with Crippen LogP contribution < -0.4 is 9.47 Å². The van der Waals surface area contributed by atoms with Crippen molar-refractivity contribution in [1.29, 1.82) is 0 Å². The Labute approximate surface area is 185 Å². The Morgan fingerprint density at radius 2 is 2.00 bits per heavy atom. The average Bonchev–Trinajstić information content (AvgIpc) is 2.95. The monoisotopic (exact) mass is 483 g/mol. The maximum atomic E-state index is 13.0. The van der Waals surface area contributed by atoms with Gasteiger partial charge in [-0.25, -0.2) is 0 Å². The lowest BCUT2D eigenvalue weighted by molar-refractivity contribution is -0.124. The number of hydrogen-bond acceptors (Lipinski definition) is 5. The van der Waals surface area contributed by atoms with Crippen molar-refractivity contribution in [3.05, 3.63) is 27.1 Å². The van der Waals surface area contributed by atoms with Gasteiger partial charge in [0.05, 0.1) is 22.6 Å². The van der Waals surface area contributed by atoms with E-state index in [-0.39, 0.29) is 11.9 Å². The van der Waals surface area contributed by atoms with Gasteiger partial charge in [-0.3, -0.25) is 9.69 Å². The molecule has 3 rings (SSSR count). The van der Waals surface area contributed by atoms with Gasteiger partial charge in [0, 0.05) is 6.04 Å². The van der Waals surface area contributed by atoms with Crippen molar-refractivity contribution < 1.29 is 14.3 Å². The van der Waals surface area contributed by atoms with Crippen LogP contribution in [0.3, 0.4) is 0 Å². The van der Waals surface area contributed by atoms with Crippen LogP contribution in [0, 0.1) is 0 Å². The molecule has 1 saturated carbocycles. The minimum Gasteiger partial charge on any atom is -0.490 e. The fraction of sp³-hybridized carbons (Fsp3) is 0.524. The Bertz CT molecular complexity index is 775. The number of hydrogen-bond donors (Lipinski definition) is 0. The first-order valence-electron chi connectivity index (χ1n) is 9.91.